The molecule has 2 rings (SSSR count). The standard InChI is InChI=1S/C15H16ClN3O/c1-2-14(18-15(20)7-8-16)12-3-5-13(6-4-12)19-10-9-17-11-19/h2-6,9-11,14H,1,7-8H2,(H,18,20). The summed E-state index contributed by atoms with van der Waals surface area (Å²) < 4.78 is 1.92. The molecular weight excluding hydrogens is 274 g/mol. The smallest absolute Gasteiger partial charge is 0.221 e. The fourth-order valence-corrected chi connectivity index (χ4v) is 2.05. The number of halogens is 1. The zero-order valence-electron chi connectivity index (χ0n) is 11.0. The van der Waals surface area contributed by atoms with E-state index in [-0.39, 0.29) is 11.9 Å². The van der Waals surface area contributed by atoms with Gasteiger partial charge in [-0.1, -0.05) is 18.2 Å². The fourth-order valence-electron chi connectivity index (χ4n) is 1.88. The van der Waals surface area contributed by atoms with E-state index in [1.54, 1.807) is 18.6 Å². The largest absolute Gasteiger partial charge is 0.346 e. The molecule has 0 aliphatic heterocycles. The first kappa shape index (κ1) is 14.3. The summed E-state index contributed by atoms with van der Waals surface area (Å²) in [4.78, 5) is 15.6. The van der Waals surface area contributed by atoms with Crippen LogP contribution < -0.4 is 5.32 Å². The predicted molar refractivity (Wildman–Crippen MR) is 80.0 cm³/mol. The lowest BCUT2D eigenvalue weighted by Crippen LogP contribution is -2.27. The van der Waals surface area contributed by atoms with Crippen LogP contribution in [0.4, 0.5) is 0 Å². The van der Waals surface area contributed by atoms with E-state index < -0.39 is 0 Å². The third-order valence-corrected chi connectivity index (χ3v) is 3.12. The van der Waals surface area contributed by atoms with Crippen molar-refractivity contribution < 1.29 is 4.79 Å². The Labute approximate surface area is 123 Å². The Morgan fingerprint density at radius 3 is 2.75 bits per heavy atom. The predicted octanol–water partition coefficient (Wildman–Crippen LogP) is 2.84. The minimum absolute atomic E-state index is 0.0800. The lowest BCUT2D eigenvalue weighted by molar-refractivity contribution is -0.121. The first-order valence-electron chi connectivity index (χ1n) is 6.30. The highest BCUT2D eigenvalue weighted by Crippen LogP contribution is 2.17. The molecule has 1 atom stereocenters. The quantitative estimate of drug-likeness (QED) is 0.656. The number of imidazole rings is 1. The van der Waals surface area contributed by atoms with Crippen molar-refractivity contribution in [2.45, 2.75) is 12.5 Å². The average Bonchev–Trinajstić information content (AvgIpc) is 2.99. The number of nitrogens with one attached hydrogen (secondary N) is 1. The van der Waals surface area contributed by atoms with Crippen molar-refractivity contribution >= 4 is 17.5 Å². The van der Waals surface area contributed by atoms with Crippen molar-refractivity contribution in [2.24, 2.45) is 0 Å². The van der Waals surface area contributed by atoms with Crippen molar-refractivity contribution in [3.8, 4) is 5.69 Å². The third kappa shape index (κ3) is 3.48. The molecule has 0 fully saturated rings. The molecule has 5 heteroatoms. The van der Waals surface area contributed by atoms with Crippen molar-refractivity contribution in [2.75, 3.05) is 5.88 Å². The number of amides is 1. The van der Waals surface area contributed by atoms with Gasteiger partial charge in [-0.2, -0.15) is 0 Å². The number of carbonyl (C=O) groups is 1. The molecule has 0 aliphatic carbocycles. The Morgan fingerprint density at radius 2 is 2.20 bits per heavy atom. The Morgan fingerprint density at radius 1 is 1.45 bits per heavy atom. The Kier molecular flexibility index (Phi) is 4.96. The van der Waals surface area contributed by atoms with Crippen molar-refractivity contribution in [1.29, 1.82) is 0 Å². The summed E-state index contributed by atoms with van der Waals surface area (Å²) in [6.07, 6.45) is 7.36. The van der Waals surface area contributed by atoms with Gasteiger partial charge in [0.1, 0.15) is 0 Å². The second-order valence-corrected chi connectivity index (χ2v) is 4.66. The minimum Gasteiger partial charge on any atom is -0.346 e. The summed E-state index contributed by atoms with van der Waals surface area (Å²) in [7, 11) is 0. The average molecular weight is 290 g/mol. The van der Waals surface area contributed by atoms with Gasteiger partial charge in [0.05, 0.1) is 12.4 Å². The summed E-state index contributed by atoms with van der Waals surface area (Å²) in [6, 6.07) is 7.66. The Balaban J connectivity index is 2.11. The molecule has 4 nitrogen and oxygen atoms in total. The van der Waals surface area contributed by atoms with Crippen LogP contribution in [-0.4, -0.2) is 21.3 Å². The maximum Gasteiger partial charge on any atom is 0.221 e. The number of aromatic nitrogens is 2. The highest BCUT2D eigenvalue weighted by molar-refractivity contribution is 6.18. The maximum absolute atomic E-state index is 11.6. The fraction of sp³-hybridized carbons (Fsp3) is 0.200. The van der Waals surface area contributed by atoms with Gasteiger partial charge in [0, 0.05) is 30.4 Å². The van der Waals surface area contributed by atoms with Crippen LogP contribution >= 0.6 is 11.6 Å². The summed E-state index contributed by atoms with van der Waals surface area (Å²) >= 11 is 5.55. The van der Waals surface area contributed by atoms with Crippen LogP contribution in [0.1, 0.15) is 18.0 Å². The zero-order valence-corrected chi connectivity index (χ0v) is 11.8. The van der Waals surface area contributed by atoms with Crippen LogP contribution in [0.2, 0.25) is 0 Å². The molecule has 0 spiro atoms. The van der Waals surface area contributed by atoms with Gasteiger partial charge in [-0.25, -0.2) is 4.98 Å². The number of rotatable bonds is 6. The molecule has 1 aromatic heterocycles. The SMILES string of the molecule is C=CC(NC(=O)CCCl)c1ccc(-n2ccnc2)cc1. The topological polar surface area (TPSA) is 46.9 Å². The molecule has 1 amide bonds. The molecule has 1 aromatic carbocycles. The number of nitrogens with zero attached hydrogens (tertiary/aromatic N) is 2. The first-order valence-corrected chi connectivity index (χ1v) is 6.84. The van der Waals surface area contributed by atoms with E-state index in [0.717, 1.165) is 11.3 Å². The maximum atomic E-state index is 11.6. The molecule has 0 bridgehead atoms. The number of carbonyl (C=O) groups excluding carboxylic acids is 1. The van der Waals surface area contributed by atoms with E-state index in [1.165, 1.54) is 0 Å². The van der Waals surface area contributed by atoms with Crippen molar-refractivity contribution in [3.63, 3.8) is 0 Å². The van der Waals surface area contributed by atoms with Crippen molar-refractivity contribution in [3.05, 3.63) is 61.2 Å². The van der Waals surface area contributed by atoms with E-state index in [1.807, 2.05) is 35.0 Å². The third-order valence-electron chi connectivity index (χ3n) is 2.93. The number of hydrogen-bond donors (Lipinski definition) is 1. The van der Waals surface area contributed by atoms with E-state index >= 15 is 0 Å². The molecule has 1 heterocycles. The number of benzene rings is 1. The van der Waals surface area contributed by atoms with Gasteiger partial charge in [-0.3, -0.25) is 4.79 Å². The lowest BCUT2D eigenvalue weighted by atomic mass is 10.1. The highest BCUT2D eigenvalue weighted by atomic mass is 35.5. The molecule has 0 saturated heterocycles. The second-order valence-electron chi connectivity index (χ2n) is 4.28. The number of hydrogen-bond acceptors (Lipinski definition) is 2. The van der Waals surface area contributed by atoms with Gasteiger partial charge in [0.2, 0.25) is 5.91 Å². The van der Waals surface area contributed by atoms with Crippen LogP contribution in [0.5, 0.6) is 0 Å². The molecule has 1 unspecified atom stereocenters. The van der Waals surface area contributed by atoms with Crippen LogP contribution in [0, 0.1) is 0 Å². The van der Waals surface area contributed by atoms with Crippen LogP contribution in [-0.2, 0) is 4.79 Å². The lowest BCUT2D eigenvalue weighted by Gasteiger charge is -2.15. The second kappa shape index (κ2) is 6.91. The van der Waals surface area contributed by atoms with Gasteiger partial charge in [0.15, 0.2) is 0 Å². The van der Waals surface area contributed by atoms with Crippen LogP contribution in [0.25, 0.3) is 5.69 Å². The zero-order chi connectivity index (χ0) is 14.4. The van der Waals surface area contributed by atoms with Crippen LogP contribution in [0.3, 0.4) is 0 Å². The minimum atomic E-state index is -0.206. The summed E-state index contributed by atoms with van der Waals surface area (Å²) in [5.74, 6) is 0.235. The number of alkyl halides is 1. The molecule has 1 N–H and O–H groups in total. The summed E-state index contributed by atoms with van der Waals surface area (Å²) in [5, 5.41) is 2.88. The summed E-state index contributed by atoms with van der Waals surface area (Å²) in [6.45, 7) is 3.76. The molecular formula is C15H16ClN3O. The van der Waals surface area contributed by atoms with E-state index in [9.17, 15) is 4.79 Å². The van der Waals surface area contributed by atoms with Gasteiger partial charge < -0.3 is 9.88 Å². The molecule has 0 radical (unpaired) electrons. The monoisotopic (exact) mass is 289 g/mol. The van der Waals surface area contributed by atoms with Crippen LogP contribution in [0.15, 0.2) is 55.6 Å². The van der Waals surface area contributed by atoms with Gasteiger partial charge in [-0.15, -0.1) is 18.2 Å². The molecule has 2 aromatic rings. The molecule has 20 heavy (non-hydrogen) atoms. The van der Waals surface area contributed by atoms with Gasteiger partial charge >= 0.3 is 0 Å². The highest BCUT2D eigenvalue weighted by Gasteiger charge is 2.10. The van der Waals surface area contributed by atoms with Gasteiger partial charge in [-0.05, 0) is 17.7 Å². The Bertz CT molecular complexity index is 563. The van der Waals surface area contributed by atoms with Gasteiger partial charge in [0.25, 0.3) is 0 Å². The molecule has 104 valence electrons. The molecule has 0 saturated carbocycles. The van der Waals surface area contributed by atoms with E-state index in [4.69, 9.17) is 11.6 Å². The van der Waals surface area contributed by atoms with Crippen molar-refractivity contribution in [1.82, 2.24) is 14.9 Å². The van der Waals surface area contributed by atoms with E-state index in [2.05, 4.69) is 16.9 Å². The van der Waals surface area contributed by atoms with E-state index in [0.29, 0.717) is 12.3 Å². The molecule has 0 aliphatic rings. The summed E-state index contributed by atoms with van der Waals surface area (Å²) in [5.41, 5.74) is 1.99. The first-order chi connectivity index (χ1) is 9.74. The Hall–Kier alpha value is -2.07. The normalized spacial score (nSPS) is 11.8.